The van der Waals surface area contributed by atoms with E-state index in [9.17, 15) is 9.59 Å². The van der Waals surface area contributed by atoms with E-state index in [4.69, 9.17) is 9.16 Å². The maximum atomic E-state index is 12.6. The fourth-order valence-corrected chi connectivity index (χ4v) is 4.21. The quantitative estimate of drug-likeness (QED) is 0.707. The summed E-state index contributed by atoms with van der Waals surface area (Å²) >= 11 is 0. The predicted molar refractivity (Wildman–Crippen MR) is 96.3 cm³/mol. The lowest BCUT2D eigenvalue weighted by Gasteiger charge is -2.40. The van der Waals surface area contributed by atoms with Gasteiger partial charge in [-0.3, -0.25) is 4.79 Å². The standard InChI is InChI=1S/C18H33NO4Si/c1-17(2,3)22-16(21)19-14(20)11-13(15(19)12-9-10-12)23-24(7,8)18(4,5)6/h12-13,15H,9-11H2,1-8H3/t13-,15-/m0/s1. The van der Waals surface area contributed by atoms with Crippen molar-refractivity contribution in [1.29, 1.82) is 0 Å². The Kier molecular flexibility index (Phi) is 4.96. The van der Waals surface area contributed by atoms with Gasteiger partial charge in [0.25, 0.3) is 0 Å². The van der Waals surface area contributed by atoms with Crippen LogP contribution in [0.5, 0.6) is 0 Å². The summed E-state index contributed by atoms with van der Waals surface area (Å²) < 4.78 is 12.0. The zero-order valence-electron chi connectivity index (χ0n) is 16.4. The fraction of sp³-hybridized carbons (Fsp3) is 0.889. The van der Waals surface area contributed by atoms with Gasteiger partial charge in [-0.2, -0.15) is 0 Å². The molecule has 24 heavy (non-hydrogen) atoms. The third-order valence-corrected chi connectivity index (χ3v) is 9.78. The second-order valence-electron chi connectivity index (χ2n) is 9.69. The first-order chi connectivity index (χ1) is 10.7. The molecule has 138 valence electrons. The van der Waals surface area contributed by atoms with Gasteiger partial charge in [-0.25, -0.2) is 9.69 Å². The van der Waals surface area contributed by atoms with Crippen LogP contribution in [0.2, 0.25) is 18.1 Å². The Hall–Kier alpha value is -0.883. The number of carbonyl (C=O) groups excluding carboxylic acids is 2. The largest absolute Gasteiger partial charge is 0.443 e. The molecule has 2 aliphatic rings. The molecule has 0 aromatic carbocycles. The number of imide groups is 1. The normalized spacial score (nSPS) is 26.0. The first kappa shape index (κ1) is 19.4. The fourth-order valence-electron chi connectivity index (χ4n) is 2.88. The lowest BCUT2D eigenvalue weighted by molar-refractivity contribution is -0.128. The van der Waals surface area contributed by atoms with E-state index in [0.29, 0.717) is 5.92 Å². The molecule has 1 aliphatic heterocycles. The molecule has 0 unspecified atom stereocenters. The molecule has 2 fully saturated rings. The second kappa shape index (κ2) is 6.13. The van der Waals surface area contributed by atoms with Crippen LogP contribution in [0.25, 0.3) is 0 Å². The number of carbonyl (C=O) groups is 2. The van der Waals surface area contributed by atoms with Gasteiger partial charge >= 0.3 is 6.09 Å². The highest BCUT2D eigenvalue weighted by Gasteiger charge is 2.54. The summed E-state index contributed by atoms with van der Waals surface area (Å²) in [4.78, 5) is 26.5. The van der Waals surface area contributed by atoms with E-state index in [2.05, 4.69) is 33.9 Å². The van der Waals surface area contributed by atoms with Crippen molar-refractivity contribution >= 4 is 20.3 Å². The van der Waals surface area contributed by atoms with Gasteiger partial charge in [0.2, 0.25) is 5.91 Å². The van der Waals surface area contributed by atoms with Crippen LogP contribution in [-0.2, 0) is 14.0 Å². The molecular weight excluding hydrogens is 322 g/mol. The maximum Gasteiger partial charge on any atom is 0.417 e. The van der Waals surface area contributed by atoms with Gasteiger partial charge in [0.1, 0.15) is 5.60 Å². The summed E-state index contributed by atoms with van der Waals surface area (Å²) in [6.45, 7) is 16.4. The molecule has 2 atom stereocenters. The first-order valence-corrected chi connectivity index (χ1v) is 11.9. The van der Waals surface area contributed by atoms with Crippen molar-refractivity contribution in [3.63, 3.8) is 0 Å². The Morgan fingerprint density at radius 3 is 2.08 bits per heavy atom. The molecule has 0 aromatic rings. The van der Waals surface area contributed by atoms with E-state index in [0.717, 1.165) is 12.8 Å². The van der Waals surface area contributed by atoms with Crippen LogP contribution in [0.15, 0.2) is 0 Å². The molecule has 0 aromatic heterocycles. The average Bonchev–Trinajstić information content (AvgIpc) is 3.10. The highest BCUT2D eigenvalue weighted by atomic mass is 28.4. The number of nitrogens with zero attached hydrogens (tertiary/aromatic N) is 1. The molecule has 1 saturated carbocycles. The van der Waals surface area contributed by atoms with Crippen molar-refractivity contribution in [3.05, 3.63) is 0 Å². The molecule has 0 N–H and O–H groups in total. The Bertz CT molecular complexity index is 514. The smallest absolute Gasteiger partial charge is 0.417 e. The van der Waals surface area contributed by atoms with Crippen LogP contribution in [0, 0.1) is 5.92 Å². The summed E-state index contributed by atoms with van der Waals surface area (Å²) in [7, 11) is -2.00. The molecule has 2 amide bonds. The minimum absolute atomic E-state index is 0.0729. The zero-order chi connectivity index (χ0) is 18.5. The molecule has 6 heteroatoms. The number of hydrogen-bond donors (Lipinski definition) is 0. The number of amides is 2. The molecule has 0 bridgehead atoms. The Morgan fingerprint density at radius 2 is 1.67 bits per heavy atom. The van der Waals surface area contributed by atoms with Gasteiger partial charge in [-0.05, 0) is 57.7 Å². The monoisotopic (exact) mass is 355 g/mol. The van der Waals surface area contributed by atoms with E-state index in [1.54, 1.807) is 0 Å². The van der Waals surface area contributed by atoms with E-state index in [1.807, 2.05) is 20.8 Å². The lowest BCUT2D eigenvalue weighted by atomic mass is 10.1. The summed E-state index contributed by atoms with van der Waals surface area (Å²) in [5, 5.41) is 0.0729. The SMILES string of the molecule is CC(C)(C)OC(=O)N1C(=O)C[C@H](O[Si](C)(C)C(C)(C)C)[C@@H]1C1CC1. The highest BCUT2D eigenvalue weighted by Crippen LogP contribution is 2.45. The van der Waals surface area contributed by atoms with Gasteiger partial charge in [-0.15, -0.1) is 0 Å². The number of rotatable bonds is 3. The average molecular weight is 356 g/mol. The number of likely N-dealkylation sites (tertiary alicyclic amines) is 1. The predicted octanol–water partition coefficient (Wildman–Crippen LogP) is 4.32. The third kappa shape index (κ3) is 4.20. The Balaban J connectivity index is 2.20. The maximum absolute atomic E-state index is 12.6. The van der Waals surface area contributed by atoms with Crippen LogP contribution < -0.4 is 0 Å². The van der Waals surface area contributed by atoms with Crippen molar-refractivity contribution in [2.45, 2.75) is 96.7 Å². The van der Waals surface area contributed by atoms with Gasteiger partial charge in [0.05, 0.1) is 18.6 Å². The molecule has 2 rings (SSSR count). The molecular formula is C18H33NO4Si. The molecule has 1 aliphatic carbocycles. The van der Waals surface area contributed by atoms with Crippen LogP contribution in [0.1, 0.15) is 60.8 Å². The van der Waals surface area contributed by atoms with Crippen molar-refractivity contribution in [2.75, 3.05) is 0 Å². The number of ether oxygens (including phenoxy) is 1. The van der Waals surface area contributed by atoms with E-state index in [-0.39, 0.29) is 29.5 Å². The molecule has 5 nitrogen and oxygen atoms in total. The van der Waals surface area contributed by atoms with Crippen LogP contribution in [0.4, 0.5) is 4.79 Å². The molecule has 0 radical (unpaired) electrons. The third-order valence-electron chi connectivity index (χ3n) is 5.27. The summed E-state index contributed by atoms with van der Waals surface area (Å²) in [5.41, 5.74) is -0.607. The lowest BCUT2D eigenvalue weighted by Crippen LogP contribution is -2.50. The van der Waals surface area contributed by atoms with E-state index < -0.39 is 20.0 Å². The first-order valence-electron chi connectivity index (χ1n) is 8.96. The molecule has 0 spiro atoms. The highest BCUT2D eigenvalue weighted by molar-refractivity contribution is 6.74. The summed E-state index contributed by atoms with van der Waals surface area (Å²) in [6, 6.07) is -0.165. The Morgan fingerprint density at radius 1 is 1.12 bits per heavy atom. The minimum atomic E-state index is -2.00. The second-order valence-corrected chi connectivity index (χ2v) is 14.4. The molecule has 1 saturated heterocycles. The van der Waals surface area contributed by atoms with Crippen LogP contribution >= 0.6 is 0 Å². The van der Waals surface area contributed by atoms with Crippen LogP contribution in [-0.4, -0.2) is 43.0 Å². The van der Waals surface area contributed by atoms with Crippen molar-refractivity contribution in [1.82, 2.24) is 4.90 Å². The topological polar surface area (TPSA) is 55.8 Å². The van der Waals surface area contributed by atoms with Gasteiger partial charge in [-0.1, -0.05) is 20.8 Å². The van der Waals surface area contributed by atoms with Gasteiger partial charge in [0, 0.05) is 0 Å². The van der Waals surface area contributed by atoms with Crippen LogP contribution in [0.3, 0.4) is 0 Å². The van der Waals surface area contributed by atoms with Gasteiger partial charge in [0.15, 0.2) is 8.32 Å². The zero-order valence-corrected chi connectivity index (χ0v) is 17.4. The van der Waals surface area contributed by atoms with E-state index >= 15 is 0 Å². The number of hydrogen-bond acceptors (Lipinski definition) is 4. The van der Waals surface area contributed by atoms with Gasteiger partial charge < -0.3 is 9.16 Å². The summed E-state index contributed by atoms with van der Waals surface area (Å²) in [6.07, 6.45) is 1.67. The minimum Gasteiger partial charge on any atom is -0.443 e. The van der Waals surface area contributed by atoms with Crippen molar-refractivity contribution < 1.29 is 18.8 Å². The summed E-state index contributed by atoms with van der Waals surface area (Å²) in [5.74, 6) is 0.198. The Labute approximate surface area is 147 Å². The van der Waals surface area contributed by atoms with E-state index in [1.165, 1.54) is 4.90 Å². The van der Waals surface area contributed by atoms with Crippen molar-refractivity contribution in [2.24, 2.45) is 5.92 Å². The molecule has 1 heterocycles. The van der Waals surface area contributed by atoms with Crippen molar-refractivity contribution in [3.8, 4) is 0 Å².